The van der Waals surface area contributed by atoms with E-state index in [1.807, 2.05) is 0 Å². The van der Waals surface area contributed by atoms with Crippen LogP contribution in [0, 0.1) is 0 Å². The molecular formula is C11H12N2O6. The first-order valence-corrected chi connectivity index (χ1v) is 5.18. The predicted octanol–water partition coefficient (Wildman–Crippen LogP) is -0.972. The van der Waals surface area contributed by atoms with E-state index in [0.717, 1.165) is 18.2 Å². The number of benzene rings is 1. The molecule has 8 nitrogen and oxygen atoms in total. The topological polar surface area (TPSA) is 136 Å². The minimum atomic E-state index is -1.20. The number of carbonyl (C=O) groups is 3. The number of nitrogens with one attached hydrogen (secondary N) is 2. The number of hydrogen-bond acceptors (Lipinski definition) is 5. The number of aliphatic carboxylic acids is 1. The van der Waals surface area contributed by atoms with Gasteiger partial charge >= 0.3 is 5.97 Å². The summed E-state index contributed by atoms with van der Waals surface area (Å²) >= 11 is 0. The van der Waals surface area contributed by atoms with E-state index in [0.29, 0.717) is 0 Å². The molecule has 0 atom stereocenters. The number of rotatable bonds is 5. The molecule has 0 aliphatic heterocycles. The second-order valence-corrected chi connectivity index (χ2v) is 3.59. The highest BCUT2D eigenvalue weighted by Crippen LogP contribution is 2.20. The monoisotopic (exact) mass is 268 g/mol. The lowest BCUT2D eigenvalue weighted by Crippen LogP contribution is -2.39. The molecule has 0 heterocycles. The van der Waals surface area contributed by atoms with E-state index in [-0.39, 0.29) is 17.1 Å². The Morgan fingerprint density at radius 3 is 2.05 bits per heavy atom. The van der Waals surface area contributed by atoms with Gasteiger partial charge in [0.15, 0.2) is 0 Å². The van der Waals surface area contributed by atoms with Gasteiger partial charge in [-0.25, -0.2) is 0 Å². The highest BCUT2D eigenvalue weighted by atomic mass is 16.4. The number of aromatic hydroxyl groups is 2. The van der Waals surface area contributed by atoms with Crippen LogP contribution in [0.3, 0.4) is 0 Å². The molecule has 102 valence electrons. The highest BCUT2D eigenvalue weighted by Gasteiger charge is 2.10. The van der Waals surface area contributed by atoms with Crippen LogP contribution < -0.4 is 10.6 Å². The summed E-state index contributed by atoms with van der Waals surface area (Å²) in [5.74, 6) is -3.13. The number of carbonyl (C=O) groups excluding carboxylic acids is 2. The van der Waals surface area contributed by atoms with Gasteiger partial charge < -0.3 is 26.0 Å². The maximum Gasteiger partial charge on any atom is 0.322 e. The first-order valence-electron chi connectivity index (χ1n) is 5.18. The maximum atomic E-state index is 11.6. The second kappa shape index (κ2) is 6.24. The highest BCUT2D eigenvalue weighted by molar-refractivity contribution is 5.97. The summed E-state index contributed by atoms with van der Waals surface area (Å²) < 4.78 is 0. The number of carboxylic acid groups (broad SMARTS) is 1. The summed E-state index contributed by atoms with van der Waals surface area (Å²) in [5, 5.41) is 31.0. The number of hydrogen-bond donors (Lipinski definition) is 5. The normalized spacial score (nSPS) is 9.68. The zero-order chi connectivity index (χ0) is 14.4. The fraction of sp³-hybridized carbons (Fsp3) is 0.182. The molecule has 5 N–H and O–H groups in total. The predicted molar refractivity (Wildman–Crippen MR) is 62.8 cm³/mol. The van der Waals surface area contributed by atoms with E-state index in [1.54, 1.807) is 0 Å². The summed E-state index contributed by atoms with van der Waals surface area (Å²) in [6.07, 6.45) is 0. The van der Waals surface area contributed by atoms with Crippen molar-refractivity contribution in [1.82, 2.24) is 10.6 Å². The molecule has 0 radical (unpaired) electrons. The van der Waals surface area contributed by atoms with Crippen LogP contribution in [0.2, 0.25) is 0 Å². The van der Waals surface area contributed by atoms with Crippen LogP contribution in [-0.4, -0.2) is 46.2 Å². The van der Waals surface area contributed by atoms with Gasteiger partial charge in [-0.1, -0.05) is 0 Å². The molecule has 0 fully saturated rings. The zero-order valence-corrected chi connectivity index (χ0v) is 9.71. The van der Waals surface area contributed by atoms with E-state index in [2.05, 4.69) is 10.6 Å². The molecule has 2 amide bonds. The van der Waals surface area contributed by atoms with Crippen molar-refractivity contribution in [2.24, 2.45) is 0 Å². The molecule has 0 spiro atoms. The van der Waals surface area contributed by atoms with Crippen LogP contribution in [0.5, 0.6) is 11.5 Å². The lowest BCUT2D eigenvalue weighted by Gasteiger charge is -2.06. The van der Waals surface area contributed by atoms with E-state index in [4.69, 9.17) is 5.11 Å². The van der Waals surface area contributed by atoms with Crippen LogP contribution in [-0.2, 0) is 9.59 Å². The maximum absolute atomic E-state index is 11.6. The molecule has 19 heavy (non-hydrogen) atoms. The Labute approximate surface area is 107 Å². The summed E-state index contributed by atoms with van der Waals surface area (Å²) in [4.78, 5) is 32.9. The van der Waals surface area contributed by atoms with E-state index in [1.165, 1.54) is 0 Å². The Morgan fingerprint density at radius 1 is 0.947 bits per heavy atom. The molecule has 0 aromatic heterocycles. The number of phenolic OH excluding ortho intramolecular Hbond substituents is 2. The van der Waals surface area contributed by atoms with Crippen molar-refractivity contribution in [2.75, 3.05) is 13.1 Å². The van der Waals surface area contributed by atoms with Gasteiger partial charge in [-0.2, -0.15) is 0 Å². The van der Waals surface area contributed by atoms with Crippen molar-refractivity contribution in [3.8, 4) is 11.5 Å². The Morgan fingerprint density at radius 2 is 1.53 bits per heavy atom. The summed E-state index contributed by atoms with van der Waals surface area (Å²) in [6.45, 7) is -0.954. The largest absolute Gasteiger partial charge is 0.508 e. The first kappa shape index (κ1) is 14.3. The summed E-state index contributed by atoms with van der Waals surface area (Å²) in [6, 6.07) is 3.28. The minimum absolute atomic E-state index is 0.0245. The van der Waals surface area contributed by atoms with Crippen LogP contribution in [0.4, 0.5) is 0 Å². The van der Waals surface area contributed by atoms with Crippen molar-refractivity contribution in [3.63, 3.8) is 0 Å². The molecule has 0 aliphatic rings. The van der Waals surface area contributed by atoms with Crippen LogP contribution >= 0.6 is 0 Å². The molecule has 0 saturated carbocycles. The van der Waals surface area contributed by atoms with Crippen LogP contribution in [0.15, 0.2) is 18.2 Å². The lowest BCUT2D eigenvalue weighted by atomic mass is 10.2. The SMILES string of the molecule is O=C(O)CNC(=O)CNC(=O)c1cc(O)cc(O)c1. The molecular weight excluding hydrogens is 256 g/mol. The van der Waals surface area contributed by atoms with Gasteiger partial charge in [0.05, 0.1) is 6.54 Å². The van der Waals surface area contributed by atoms with Crippen molar-refractivity contribution < 1.29 is 29.7 Å². The fourth-order valence-electron chi connectivity index (χ4n) is 1.23. The molecule has 0 aliphatic carbocycles. The smallest absolute Gasteiger partial charge is 0.322 e. The Hall–Kier alpha value is -2.77. The quantitative estimate of drug-likeness (QED) is 0.466. The van der Waals surface area contributed by atoms with E-state index >= 15 is 0 Å². The molecule has 0 unspecified atom stereocenters. The van der Waals surface area contributed by atoms with Gasteiger partial charge in [-0.15, -0.1) is 0 Å². The van der Waals surface area contributed by atoms with E-state index < -0.39 is 30.9 Å². The van der Waals surface area contributed by atoms with Gasteiger partial charge in [0.1, 0.15) is 18.0 Å². The minimum Gasteiger partial charge on any atom is -0.508 e. The van der Waals surface area contributed by atoms with Crippen molar-refractivity contribution in [1.29, 1.82) is 0 Å². The van der Waals surface area contributed by atoms with Gasteiger partial charge in [-0.05, 0) is 12.1 Å². The van der Waals surface area contributed by atoms with Gasteiger partial charge in [0.25, 0.3) is 5.91 Å². The molecule has 8 heteroatoms. The van der Waals surface area contributed by atoms with Crippen molar-refractivity contribution in [3.05, 3.63) is 23.8 Å². The average Bonchev–Trinajstić information content (AvgIpc) is 2.32. The Kier molecular flexibility index (Phi) is 4.69. The molecule has 1 aromatic carbocycles. The second-order valence-electron chi connectivity index (χ2n) is 3.59. The fourth-order valence-corrected chi connectivity index (χ4v) is 1.23. The van der Waals surface area contributed by atoms with Gasteiger partial charge in [0.2, 0.25) is 5.91 Å². The third-order valence-electron chi connectivity index (χ3n) is 2.01. The van der Waals surface area contributed by atoms with Gasteiger partial charge in [0, 0.05) is 11.6 Å². The van der Waals surface area contributed by atoms with Crippen LogP contribution in [0.1, 0.15) is 10.4 Å². The molecule has 0 bridgehead atoms. The zero-order valence-electron chi connectivity index (χ0n) is 9.71. The summed E-state index contributed by atoms with van der Waals surface area (Å²) in [5.41, 5.74) is -0.0245. The Bertz CT molecular complexity index is 494. The third-order valence-corrected chi connectivity index (χ3v) is 2.01. The van der Waals surface area contributed by atoms with Crippen molar-refractivity contribution in [2.45, 2.75) is 0 Å². The molecule has 1 aromatic rings. The molecule has 1 rings (SSSR count). The Balaban J connectivity index is 2.51. The summed E-state index contributed by atoms with van der Waals surface area (Å²) in [7, 11) is 0. The first-order chi connectivity index (χ1) is 8.88. The number of amides is 2. The lowest BCUT2D eigenvalue weighted by molar-refractivity contribution is -0.137. The average molecular weight is 268 g/mol. The van der Waals surface area contributed by atoms with Gasteiger partial charge in [-0.3, -0.25) is 14.4 Å². The third kappa shape index (κ3) is 4.94. The van der Waals surface area contributed by atoms with Crippen LogP contribution in [0.25, 0.3) is 0 Å². The molecule has 0 saturated heterocycles. The number of carboxylic acids is 1. The van der Waals surface area contributed by atoms with Crippen molar-refractivity contribution >= 4 is 17.8 Å². The standard InChI is InChI=1S/C11H12N2O6/c14-7-1-6(2-8(15)3-7)11(19)13-4-9(16)12-5-10(17)18/h1-3,14-15H,4-5H2,(H,12,16)(H,13,19)(H,17,18). The number of phenols is 2. The van der Waals surface area contributed by atoms with E-state index in [9.17, 15) is 24.6 Å².